The van der Waals surface area contributed by atoms with Gasteiger partial charge in [-0.1, -0.05) is 144 Å². The zero-order valence-electron chi connectivity index (χ0n) is 86.3. The van der Waals surface area contributed by atoms with Crippen LogP contribution in [0.15, 0.2) is 0 Å². The van der Waals surface area contributed by atoms with Gasteiger partial charge in [0.1, 0.15) is 60.0 Å². The zero-order valence-corrected chi connectivity index (χ0v) is 86.3. The second kappa shape index (κ2) is 50.0. The van der Waals surface area contributed by atoms with Gasteiger partial charge in [-0.2, -0.15) is 0 Å². The van der Waals surface area contributed by atoms with Crippen LogP contribution in [0.25, 0.3) is 0 Å². The predicted molar refractivity (Wildman–Crippen MR) is 579 cm³/mol. The Hall–Kier alpha value is -7.42. The SMILES string of the molecule is C.C.C.C.C.C.C.C.C.C.C.C.CCC(C)(C)C(=O)OC1C2CC3C1OC(=O)C3C2C(=O)OC1(C)CCCCC1.CCC(C)(C)C(=O)OC1C2CC3C1OC(=O)C3C2C(=O)OC1(CC)CC2CCC1C2.CCC(C)(C)C(=O)OC1CC2CC1C1(CCOC1=O)C2.CCC(C)(C)C(=O)OC1CC2CC1C1(COC(=O)C1)C2.CCC(C)(C)C(=O)OC1CC2CC1CC21CCOC1=O.CCC(C)(C)C(=O)OC1CC2CC1CC21COC(=O)C1. The Bertz CT molecular complexity index is 4680. The van der Waals surface area contributed by atoms with E-state index in [-0.39, 0.29) is 254 Å². The molecule has 15 saturated carbocycles. The first-order valence-electron chi connectivity index (χ1n) is 53.7. The van der Waals surface area contributed by atoms with E-state index in [1.807, 2.05) is 132 Å². The highest BCUT2D eigenvalue weighted by Crippen LogP contribution is 2.68. The van der Waals surface area contributed by atoms with Gasteiger partial charge in [0.15, 0.2) is 0 Å². The number of ether oxygens (including phenoxy) is 14. The molecular weight excluding hydrogens is 1910 g/mol. The van der Waals surface area contributed by atoms with Gasteiger partial charge in [0, 0.05) is 46.3 Å². The first kappa shape index (κ1) is 135. The van der Waals surface area contributed by atoms with Gasteiger partial charge in [-0.05, 0) is 336 Å². The van der Waals surface area contributed by atoms with Gasteiger partial charge in [0.25, 0.3) is 0 Å². The maximum atomic E-state index is 13.5. The minimum absolute atomic E-state index is 0. The molecule has 150 heavy (non-hydrogen) atoms. The van der Waals surface area contributed by atoms with Crippen LogP contribution in [-0.2, 0) is 133 Å². The Labute approximate surface area is 905 Å². The number of carbonyl (C=O) groups excluding carboxylic acids is 14. The van der Waals surface area contributed by atoms with Crippen molar-refractivity contribution in [2.75, 3.05) is 26.4 Å². The van der Waals surface area contributed by atoms with Crippen molar-refractivity contribution in [1.82, 2.24) is 0 Å². The molecule has 31 unspecified atom stereocenters. The minimum Gasteiger partial charge on any atom is -0.465 e. The lowest BCUT2D eigenvalue weighted by Gasteiger charge is -2.39. The number of hydrogen-bond acceptors (Lipinski definition) is 28. The summed E-state index contributed by atoms with van der Waals surface area (Å²) >= 11 is 0. The van der Waals surface area contributed by atoms with Crippen LogP contribution in [0, 0.1) is 161 Å². The topological polar surface area (TPSA) is 368 Å². The average Bonchev–Trinajstić information content (AvgIpc) is 1.54. The van der Waals surface area contributed by atoms with E-state index in [4.69, 9.17) is 66.3 Å². The van der Waals surface area contributed by atoms with Gasteiger partial charge in [-0.3, -0.25) is 67.1 Å². The third kappa shape index (κ3) is 24.6. The van der Waals surface area contributed by atoms with Crippen molar-refractivity contribution < 1.29 is 133 Å². The van der Waals surface area contributed by atoms with E-state index in [2.05, 4.69) is 6.92 Å². The first-order chi connectivity index (χ1) is 64.9. The van der Waals surface area contributed by atoms with E-state index in [0.717, 1.165) is 167 Å². The monoisotopic (exact) mass is 2120 g/mol. The molecule has 21 aliphatic rings. The highest BCUT2D eigenvalue weighted by Gasteiger charge is 2.74. The summed E-state index contributed by atoms with van der Waals surface area (Å²) in [7, 11) is 0. The molecule has 0 aromatic heterocycles. The van der Waals surface area contributed by atoms with Gasteiger partial charge < -0.3 is 66.3 Å². The van der Waals surface area contributed by atoms with Gasteiger partial charge >= 0.3 is 83.6 Å². The zero-order chi connectivity index (χ0) is 99.9. The summed E-state index contributed by atoms with van der Waals surface area (Å²) in [6, 6.07) is 0. The van der Waals surface area contributed by atoms with Crippen molar-refractivity contribution in [2.45, 2.75) is 506 Å². The molecule has 21 fully saturated rings. The van der Waals surface area contributed by atoms with Crippen molar-refractivity contribution in [2.24, 2.45) is 161 Å². The molecule has 28 nitrogen and oxygen atoms in total. The molecule has 21 rings (SSSR count). The maximum absolute atomic E-state index is 13.5. The lowest BCUT2D eigenvalue weighted by Crippen LogP contribution is -2.48. The normalized spacial score (nSPS) is 37.3. The lowest BCUT2D eigenvalue weighted by molar-refractivity contribution is -0.182. The molecule has 0 amide bonds. The van der Waals surface area contributed by atoms with Crippen LogP contribution in [0.5, 0.6) is 0 Å². The van der Waals surface area contributed by atoms with Crippen molar-refractivity contribution in [1.29, 1.82) is 0 Å². The summed E-state index contributed by atoms with van der Waals surface area (Å²) in [4.78, 5) is 173. The lowest BCUT2D eigenvalue weighted by atomic mass is 9.71. The maximum Gasteiger partial charge on any atom is 0.312 e. The van der Waals surface area contributed by atoms with Crippen LogP contribution >= 0.6 is 0 Å². The standard InChI is InChI=1S/C24H34O6.C22H32O6.4C16H24O4.12CH4/c1-5-23(3,4)22(27)29-19-15-10-14-16(20(25)28-18(14)19)17(15)21(26)30-24(6-2)11-12-7-8-13(24)9-12;1-5-21(2,3)20(25)27-17-13-11-12-14(18(23)26-16(12)17)15(13)19(24)28-22(4)9-7-6-8-10-22;1-4-15(2,3)14(18)20-12-6-11-5-10(12)7-16(11)8-13(17)19-9-16;1-4-15(2,3)14(18)20-12-6-10-5-11(12)16(7-10)8-13(17)19-9-16;1-4-15(2,3)13(17)20-12-8-11-7-10(12)9-16(11)5-6-19-14(16)18;1-4-15(2,3)13(17)20-12-8-10-7-11(12)16(9-10)5-6-19-14(16)18;;;;;;;;;;;;/h12-19H,5-11H2,1-4H3;12-17H,5-11H2,1-4H3;4*10-12H,4-9H2,1-3H3;12*1H4. The number of esters is 14. The quantitative estimate of drug-likeness (QED) is 0.0677. The minimum atomic E-state index is -0.602. The van der Waals surface area contributed by atoms with Crippen molar-refractivity contribution >= 4 is 83.6 Å². The van der Waals surface area contributed by atoms with Crippen LogP contribution in [0.2, 0.25) is 0 Å². The fourth-order valence-electron chi connectivity index (χ4n) is 29.4. The van der Waals surface area contributed by atoms with E-state index in [9.17, 15) is 67.1 Å². The largest absolute Gasteiger partial charge is 0.465 e. The van der Waals surface area contributed by atoms with Crippen LogP contribution in [-0.4, -0.2) is 170 Å². The summed E-state index contributed by atoms with van der Waals surface area (Å²) in [6.07, 6.45) is 28.6. The third-order valence-corrected chi connectivity index (χ3v) is 40.5. The number of hydrogen-bond donors (Lipinski definition) is 0. The van der Waals surface area contributed by atoms with Gasteiger partial charge in [-0.15, -0.1) is 0 Å². The summed E-state index contributed by atoms with van der Waals surface area (Å²) in [5, 5.41) is 0. The molecule has 28 heteroatoms. The fourth-order valence-corrected chi connectivity index (χ4v) is 29.4. The second-order valence-corrected chi connectivity index (χ2v) is 50.9. The molecular formula is C122H210O28. The molecule has 0 radical (unpaired) electrons. The number of cyclic esters (lactones) is 4. The van der Waals surface area contributed by atoms with Crippen LogP contribution in [0.3, 0.4) is 0 Å². The summed E-state index contributed by atoms with van der Waals surface area (Å²) in [6.45, 7) is 41.1. The van der Waals surface area contributed by atoms with Crippen molar-refractivity contribution in [3.63, 3.8) is 0 Å². The Morgan fingerprint density at radius 3 is 1.07 bits per heavy atom. The number of fused-ring (bicyclic) bond motifs is 16. The molecule has 6 saturated heterocycles. The van der Waals surface area contributed by atoms with Crippen LogP contribution in [0.4, 0.5) is 0 Å². The Balaban J connectivity index is 0.000000372. The Morgan fingerprint density at radius 2 is 0.720 bits per heavy atom. The molecule has 0 N–H and O–H groups in total. The van der Waals surface area contributed by atoms with Gasteiger partial charge in [0.2, 0.25) is 0 Å². The molecule has 6 heterocycles. The molecule has 6 aliphatic heterocycles. The van der Waals surface area contributed by atoms with E-state index in [1.54, 1.807) is 0 Å². The van der Waals surface area contributed by atoms with E-state index in [0.29, 0.717) is 118 Å². The van der Waals surface area contributed by atoms with Crippen LogP contribution < -0.4 is 0 Å². The number of rotatable bonds is 23. The third-order valence-electron chi connectivity index (χ3n) is 40.5. The number of carbonyl (C=O) groups is 14. The highest BCUT2D eigenvalue weighted by molar-refractivity contribution is 5.89. The van der Waals surface area contributed by atoms with Crippen LogP contribution in [0.1, 0.15) is 446 Å². The van der Waals surface area contributed by atoms with E-state index in [1.165, 1.54) is 12.8 Å². The summed E-state index contributed by atoms with van der Waals surface area (Å²) in [5.74, 6) is -0.541. The molecule has 0 aromatic rings. The van der Waals surface area contributed by atoms with Crippen molar-refractivity contribution in [3.8, 4) is 0 Å². The smallest absolute Gasteiger partial charge is 0.312 e. The molecule has 0 aromatic carbocycles. The van der Waals surface area contributed by atoms with E-state index >= 15 is 0 Å². The molecule has 866 valence electrons. The average molecular weight is 2120 g/mol. The van der Waals surface area contributed by atoms with Gasteiger partial charge in [-0.25, -0.2) is 0 Å². The van der Waals surface area contributed by atoms with Crippen molar-refractivity contribution in [3.05, 3.63) is 0 Å². The molecule has 4 spiro atoms. The summed E-state index contributed by atoms with van der Waals surface area (Å²) in [5.41, 5.74) is -4.26. The predicted octanol–water partition coefficient (Wildman–Crippen LogP) is 25.5. The summed E-state index contributed by atoms with van der Waals surface area (Å²) < 4.78 is 79.1. The fraction of sp³-hybridized carbons (Fsp3) is 0.885. The first-order valence-corrected chi connectivity index (χ1v) is 53.7. The molecule has 15 aliphatic carbocycles. The second-order valence-electron chi connectivity index (χ2n) is 50.9. The molecule has 14 bridgehead atoms. The Morgan fingerprint density at radius 1 is 0.340 bits per heavy atom. The highest BCUT2D eigenvalue weighted by atomic mass is 16.6. The van der Waals surface area contributed by atoms with Gasteiger partial charge in [0.05, 0.1) is 106 Å². The van der Waals surface area contributed by atoms with E-state index < -0.39 is 86.2 Å². The Kier molecular flexibility index (Phi) is 44.9. The molecule has 31 atom stereocenters.